The highest BCUT2D eigenvalue weighted by Gasteiger charge is 2.49. The number of rotatable bonds is 5. The number of aliphatic hydroxyl groups is 1. The number of benzene rings is 1. The van der Waals surface area contributed by atoms with Gasteiger partial charge in [0.05, 0.1) is 24.0 Å². The molecule has 9 heteroatoms. The Balaban J connectivity index is 1.68. The number of halogens is 3. The molecule has 0 saturated carbocycles. The fraction of sp³-hybridized carbons (Fsp3) is 0.400. The van der Waals surface area contributed by atoms with E-state index in [0.717, 1.165) is 0 Å². The highest BCUT2D eigenvalue weighted by Crippen LogP contribution is 2.37. The third kappa shape index (κ3) is 3.62. The van der Waals surface area contributed by atoms with Gasteiger partial charge >= 0.3 is 6.61 Å². The van der Waals surface area contributed by atoms with Gasteiger partial charge in [-0.3, -0.25) is 0 Å². The summed E-state index contributed by atoms with van der Waals surface area (Å²) in [5.41, 5.74) is -1.43. The Labute approximate surface area is 165 Å². The van der Waals surface area contributed by atoms with E-state index in [1.165, 1.54) is 26.0 Å². The molecule has 154 valence electrons. The van der Waals surface area contributed by atoms with Crippen molar-refractivity contribution < 1.29 is 23.0 Å². The van der Waals surface area contributed by atoms with E-state index in [9.17, 15) is 13.9 Å². The maximum absolute atomic E-state index is 15.1. The second-order valence-corrected chi connectivity index (χ2v) is 7.71. The zero-order valence-electron chi connectivity index (χ0n) is 16.0. The minimum Gasteiger partial charge on any atom is -0.435 e. The van der Waals surface area contributed by atoms with Gasteiger partial charge < -0.3 is 14.7 Å². The van der Waals surface area contributed by atoms with E-state index in [0.29, 0.717) is 29.3 Å². The summed E-state index contributed by atoms with van der Waals surface area (Å²) in [6, 6.07) is 9.79. The molecule has 1 aliphatic rings. The Bertz CT molecular complexity index is 1030. The molecular formula is C20H21F3N4O2. The molecule has 1 unspecified atom stereocenters. The number of anilines is 1. The molecule has 1 atom stereocenters. The van der Waals surface area contributed by atoms with Gasteiger partial charge in [0.2, 0.25) is 0 Å². The van der Waals surface area contributed by atoms with Gasteiger partial charge in [0.1, 0.15) is 11.6 Å². The van der Waals surface area contributed by atoms with Crippen LogP contribution in [0.3, 0.4) is 0 Å². The van der Waals surface area contributed by atoms with Crippen LogP contribution in [0.4, 0.5) is 19.0 Å². The summed E-state index contributed by atoms with van der Waals surface area (Å²) in [4.78, 5) is 6.08. The summed E-state index contributed by atoms with van der Waals surface area (Å²) in [6.45, 7) is 0.465. The molecule has 1 saturated heterocycles. The van der Waals surface area contributed by atoms with Gasteiger partial charge in [-0.25, -0.2) is 13.9 Å². The summed E-state index contributed by atoms with van der Waals surface area (Å²) >= 11 is 0. The van der Waals surface area contributed by atoms with Gasteiger partial charge in [0, 0.05) is 18.5 Å². The average Bonchev–Trinajstić information content (AvgIpc) is 3.25. The van der Waals surface area contributed by atoms with Crippen molar-refractivity contribution >= 4 is 11.5 Å². The van der Waals surface area contributed by atoms with E-state index in [4.69, 9.17) is 0 Å². The number of alkyl halides is 3. The smallest absolute Gasteiger partial charge is 0.387 e. The summed E-state index contributed by atoms with van der Waals surface area (Å²) < 4.78 is 46.2. The van der Waals surface area contributed by atoms with Gasteiger partial charge in [-0.1, -0.05) is 12.1 Å². The summed E-state index contributed by atoms with van der Waals surface area (Å²) in [5.74, 6) is 0.580. The molecule has 1 aliphatic heterocycles. The molecular weight excluding hydrogens is 385 g/mol. The standard InChI is InChI=1S/C20H21F3N4O2/c1-19(2,28)20(23)8-9-26(12-20)17-7-6-16-24-11-15(27(16)25-17)13-4-3-5-14(10-13)29-18(21)22/h3-7,10-11,18,28H,8-9,12H2,1-2H3. The normalized spacial score (nSPS) is 20.0. The van der Waals surface area contributed by atoms with Crippen molar-refractivity contribution in [3.05, 3.63) is 42.6 Å². The zero-order chi connectivity index (χ0) is 20.8. The molecule has 0 spiro atoms. The van der Waals surface area contributed by atoms with E-state index in [2.05, 4.69) is 14.8 Å². The van der Waals surface area contributed by atoms with Gasteiger partial charge in [0.15, 0.2) is 11.3 Å². The van der Waals surface area contributed by atoms with Gasteiger partial charge in [-0.15, -0.1) is 5.10 Å². The van der Waals surface area contributed by atoms with Gasteiger partial charge in [-0.05, 0) is 38.1 Å². The lowest BCUT2D eigenvalue weighted by Gasteiger charge is -2.32. The average molecular weight is 406 g/mol. The molecule has 3 aromatic rings. The van der Waals surface area contributed by atoms with Crippen LogP contribution < -0.4 is 9.64 Å². The molecule has 3 heterocycles. The highest BCUT2D eigenvalue weighted by atomic mass is 19.3. The number of imidazole rings is 1. The lowest BCUT2D eigenvalue weighted by Crippen LogP contribution is -2.48. The predicted octanol–water partition coefficient (Wildman–Crippen LogP) is 3.69. The summed E-state index contributed by atoms with van der Waals surface area (Å²) in [6.07, 6.45) is 1.79. The Hall–Kier alpha value is -2.81. The van der Waals surface area contributed by atoms with Crippen molar-refractivity contribution in [2.75, 3.05) is 18.0 Å². The van der Waals surface area contributed by atoms with Crippen LogP contribution in [0.1, 0.15) is 20.3 Å². The Kier molecular flexibility index (Phi) is 4.65. The fourth-order valence-corrected chi connectivity index (χ4v) is 3.53. The number of hydrogen-bond donors (Lipinski definition) is 1. The van der Waals surface area contributed by atoms with Crippen LogP contribution in [0.25, 0.3) is 16.9 Å². The minimum absolute atomic E-state index is 0.0246. The Morgan fingerprint density at radius 3 is 2.72 bits per heavy atom. The summed E-state index contributed by atoms with van der Waals surface area (Å²) in [5, 5.41) is 14.7. The molecule has 29 heavy (non-hydrogen) atoms. The first-order valence-corrected chi connectivity index (χ1v) is 9.23. The molecule has 0 aliphatic carbocycles. The van der Waals surface area contributed by atoms with Crippen LogP contribution in [0.5, 0.6) is 5.75 Å². The van der Waals surface area contributed by atoms with Crippen LogP contribution in [0.15, 0.2) is 42.6 Å². The third-order valence-corrected chi connectivity index (χ3v) is 5.34. The van der Waals surface area contributed by atoms with Crippen molar-refractivity contribution in [3.63, 3.8) is 0 Å². The predicted molar refractivity (Wildman–Crippen MR) is 102 cm³/mol. The second kappa shape index (κ2) is 6.91. The van der Waals surface area contributed by atoms with Gasteiger partial charge in [-0.2, -0.15) is 8.78 Å². The molecule has 0 amide bonds. The fourth-order valence-electron chi connectivity index (χ4n) is 3.53. The van der Waals surface area contributed by atoms with E-state index >= 15 is 4.39 Å². The van der Waals surface area contributed by atoms with E-state index in [-0.39, 0.29) is 18.7 Å². The van der Waals surface area contributed by atoms with E-state index in [1.807, 2.05) is 0 Å². The lowest BCUT2D eigenvalue weighted by atomic mass is 9.87. The van der Waals surface area contributed by atoms with Gasteiger partial charge in [0.25, 0.3) is 0 Å². The van der Waals surface area contributed by atoms with Crippen LogP contribution in [-0.2, 0) is 0 Å². The second-order valence-electron chi connectivity index (χ2n) is 7.71. The largest absolute Gasteiger partial charge is 0.435 e. The van der Waals surface area contributed by atoms with Crippen molar-refractivity contribution in [1.82, 2.24) is 14.6 Å². The monoisotopic (exact) mass is 406 g/mol. The first-order chi connectivity index (χ1) is 13.7. The summed E-state index contributed by atoms with van der Waals surface area (Å²) in [7, 11) is 0. The van der Waals surface area contributed by atoms with Crippen LogP contribution >= 0.6 is 0 Å². The maximum atomic E-state index is 15.1. The Morgan fingerprint density at radius 1 is 1.24 bits per heavy atom. The highest BCUT2D eigenvalue weighted by molar-refractivity contribution is 5.65. The zero-order valence-corrected chi connectivity index (χ0v) is 16.0. The minimum atomic E-state index is -2.91. The number of fused-ring (bicyclic) bond motifs is 1. The van der Waals surface area contributed by atoms with Crippen LogP contribution in [0.2, 0.25) is 0 Å². The number of hydrogen-bond acceptors (Lipinski definition) is 5. The molecule has 1 fully saturated rings. The first-order valence-electron chi connectivity index (χ1n) is 9.23. The maximum Gasteiger partial charge on any atom is 0.387 e. The molecule has 6 nitrogen and oxygen atoms in total. The molecule has 2 aromatic heterocycles. The van der Waals surface area contributed by atoms with Crippen LogP contribution in [0, 0.1) is 0 Å². The number of nitrogens with zero attached hydrogens (tertiary/aromatic N) is 4. The SMILES string of the molecule is CC(C)(O)C1(F)CCN(c2ccc3ncc(-c4cccc(OC(F)F)c4)n3n2)C1. The van der Waals surface area contributed by atoms with Crippen molar-refractivity contribution in [2.45, 2.75) is 38.1 Å². The molecule has 1 N–H and O–H groups in total. The topological polar surface area (TPSA) is 62.9 Å². The molecule has 4 rings (SSSR count). The number of aromatic nitrogens is 3. The van der Waals surface area contributed by atoms with Crippen molar-refractivity contribution in [2.24, 2.45) is 0 Å². The van der Waals surface area contributed by atoms with E-state index < -0.39 is 17.9 Å². The van der Waals surface area contributed by atoms with E-state index in [1.54, 1.807) is 39.9 Å². The molecule has 0 bridgehead atoms. The van der Waals surface area contributed by atoms with Crippen molar-refractivity contribution in [1.29, 1.82) is 0 Å². The quantitative estimate of drug-likeness (QED) is 0.700. The number of ether oxygens (including phenoxy) is 1. The third-order valence-electron chi connectivity index (χ3n) is 5.34. The molecule has 0 radical (unpaired) electrons. The molecule has 1 aromatic carbocycles. The van der Waals surface area contributed by atoms with Crippen LogP contribution in [-0.4, -0.2) is 50.7 Å². The van der Waals surface area contributed by atoms with Crippen molar-refractivity contribution in [3.8, 4) is 17.0 Å². The Morgan fingerprint density at radius 2 is 2.03 bits per heavy atom. The lowest BCUT2D eigenvalue weighted by molar-refractivity contribution is -0.0649. The first kappa shape index (κ1) is 19.5.